The highest BCUT2D eigenvalue weighted by molar-refractivity contribution is 7.89. The molecular weight excluding hydrogens is 410 g/mol. The van der Waals surface area contributed by atoms with E-state index in [1.165, 1.54) is 11.4 Å². The van der Waals surface area contributed by atoms with Gasteiger partial charge in [-0.3, -0.25) is 5.10 Å². The fourth-order valence-corrected chi connectivity index (χ4v) is 5.28. The molecule has 1 aromatic heterocycles. The van der Waals surface area contributed by atoms with E-state index >= 15 is 0 Å². The number of urea groups is 1. The van der Waals surface area contributed by atoms with E-state index in [4.69, 9.17) is 9.47 Å². The lowest BCUT2D eigenvalue weighted by molar-refractivity contribution is 0.214. The summed E-state index contributed by atoms with van der Waals surface area (Å²) in [6, 6.07) is 4.80. The maximum atomic E-state index is 13.1. The summed E-state index contributed by atoms with van der Waals surface area (Å²) in [5, 5.41) is 9.55. The summed E-state index contributed by atoms with van der Waals surface area (Å²) in [6.45, 7) is 4.61. The molecule has 1 saturated heterocycles. The van der Waals surface area contributed by atoms with E-state index in [0.717, 1.165) is 0 Å². The Labute approximate surface area is 176 Å². The summed E-state index contributed by atoms with van der Waals surface area (Å²) < 4.78 is 38.0. The minimum Gasteiger partial charge on any atom is -0.497 e. The number of hydrogen-bond donors (Lipinski definition) is 2. The van der Waals surface area contributed by atoms with Crippen molar-refractivity contribution >= 4 is 21.7 Å². The average Bonchev–Trinajstić information content (AvgIpc) is 2.93. The fourth-order valence-electron chi connectivity index (χ4n) is 3.48. The molecule has 0 unspecified atom stereocenters. The molecule has 0 radical (unpaired) electrons. The van der Waals surface area contributed by atoms with Crippen LogP contribution < -0.4 is 14.8 Å². The molecule has 0 aliphatic carbocycles. The Morgan fingerprint density at radius 2 is 1.90 bits per heavy atom. The van der Waals surface area contributed by atoms with Gasteiger partial charge in [0.15, 0.2) is 0 Å². The topological polar surface area (TPSA) is 117 Å². The van der Waals surface area contributed by atoms with E-state index in [9.17, 15) is 13.2 Å². The summed E-state index contributed by atoms with van der Waals surface area (Å²) in [7, 11) is -0.617. The van der Waals surface area contributed by atoms with E-state index in [1.54, 1.807) is 44.1 Å². The highest BCUT2D eigenvalue weighted by Crippen LogP contribution is 2.29. The second kappa shape index (κ2) is 8.92. The zero-order chi connectivity index (χ0) is 21.9. The van der Waals surface area contributed by atoms with E-state index in [0.29, 0.717) is 48.1 Å². The molecule has 3 rings (SSSR count). The van der Waals surface area contributed by atoms with Gasteiger partial charge in [-0.25, -0.2) is 13.2 Å². The molecule has 0 saturated carbocycles. The number of benzene rings is 1. The van der Waals surface area contributed by atoms with Gasteiger partial charge in [0, 0.05) is 32.2 Å². The predicted molar refractivity (Wildman–Crippen MR) is 112 cm³/mol. The van der Waals surface area contributed by atoms with Crippen LogP contribution in [-0.4, -0.2) is 74.3 Å². The molecule has 30 heavy (non-hydrogen) atoms. The number of ether oxygens (including phenoxy) is 2. The summed E-state index contributed by atoms with van der Waals surface area (Å²) in [5.41, 5.74) is 1.47. The number of amides is 2. The molecule has 1 aliphatic heterocycles. The average molecular weight is 438 g/mol. The van der Waals surface area contributed by atoms with Gasteiger partial charge in [-0.05, 0) is 32.4 Å². The van der Waals surface area contributed by atoms with Crippen LogP contribution >= 0.6 is 0 Å². The van der Waals surface area contributed by atoms with Gasteiger partial charge < -0.3 is 19.7 Å². The van der Waals surface area contributed by atoms with Gasteiger partial charge in [-0.2, -0.15) is 9.40 Å². The number of methoxy groups -OCH3 is 2. The molecule has 164 valence electrons. The Morgan fingerprint density at radius 3 is 2.53 bits per heavy atom. The predicted octanol–water partition coefficient (Wildman–Crippen LogP) is 1.97. The number of rotatable bonds is 5. The number of H-pyrrole nitrogens is 1. The first kappa shape index (κ1) is 21.9. The van der Waals surface area contributed by atoms with Crippen molar-refractivity contribution in [1.82, 2.24) is 19.4 Å². The Morgan fingerprint density at radius 1 is 1.13 bits per heavy atom. The number of anilines is 1. The molecule has 0 atom stereocenters. The third kappa shape index (κ3) is 4.36. The Balaban J connectivity index is 1.70. The smallest absolute Gasteiger partial charge is 0.321 e. The van der Waals surface area contributed by atoms with Crippen molar-refractivity contribution in [3.8, 4) is 11.5 Å². The fraction of sp³-hybridized carbons (Fsp3) is 0.474. The number of aromatic amines is 1. The second-order valence-corrected chi connectivity index (χ2v) is 8.88. The minimum absolute atomic E-state index is 0.208. The maximum Gasteiger partial charge on any atom is 0.321 e. The molecule has 11 heteroatoms. The lowest BCUT2D eigenvalue weighted by atomic mass is 10.2. The van der Waals surface area contributed by atoms with Gasteiger partial charge >= 0.3 is 6.03 Å². The number of carbonyl (C=O) groups is 1. The number of nitrogens with zero attached hydrogens (tertiary/aromatic N) is 3. The van der Waals surface area contributed by atoms with E-state index in [1.807, 2.05) is 0 Å². The van der Waals surface area contributed by atoms with Crippen molar-refractivity contribution in [1.29, 1.82) is 0 Å². The molecule has 2 amide bonds. The standard InChI is InChI=1S/C19H27N5O5S/c1-13-18(14(2)22-21-13)30(26,27)24-9-5-8-23(10-11-24)19(25)20-16-7-6-15(28-3)12-17(16)29-4/h6-7,12H,5,8-11H2,1-4H3,(H,20,25)(H,21,22). The zero-order valence-electron chi connectivity index (χ0n) is 17.6. The van der Waals surface area contributed by atoms with Crippen molar-refractivity contribution in [2.75, 3.05) is 45.7 Å². The summed E-state index contributed by atoms with van der Waals surface area (Å²) in [5.74, 6) is 1.10. The van der Waals surface area contributed by atoms with Crippen LogP contribution in [0.15, 0.2) is 23.1 Å². The Bertz CT molecular complexity index is 1000. The molecule has 2 aromatic rings. The number of sulfonamides is 1. The van der Waals surface area contributed by atoms with Crippen LogP contribution in [-0.2, 0) is 10.0 Å². The first-order valence-electron chi connectivity index (χ1n) is 9.57. The Kier molecular flexibility index (Phi) is 6.52. The van der Waals surface area contributed by atoms with Crippen LogP contribution in [0.5, 0.6) is 11.5 Å². The molecular formula is C19H27N5O5S. The summed E-state index contributed by atoms with van der Waals surface area (Å²) >= 11 is 0. The number of aryl methyl sites for hydroxylation is 2. The molecule has 10 nitrogen and oxygen atoms in total. The maximum absolute atomic E-state index is 13.1. The van der Waals surface area contributed by atoms with Crippen LogP contribution in [0, 0.1) is 13.8 Å². The molecule has 0 spiro atoms. The summed E-state index contributed by atoms with van der Waals surface area (Å²) in [6.07, 6.45) is 0.530. The SMILES string of the molecule is COc1ccc(NC(=O)N2CCCN(S(=O)(=O)c3c(C)n[nH]c3C)CC2)c(OC)c1. The van der Waals surface area contributed by atoms with E-state index in [2.05, 4.69) is 15.5 Å². The number of carbonyl (C=O) groups excluding carboxylic acids is 1. The van der Waals surface area contributed by atoms with E-state index in [-0.39, 0.29) is 24.0 Å². The highest BCUT2D eigenvalue weighted by Gasteiger charge is 2.32. The highest BCUT2D eigenvalue weighted by atomic mass is 32.2. The van der Waals surface area contributed by atoms with Crippen molar-refractivity contribution in [3.05, 3.63) is 29.6 Å². The van der Waals surface area contributed by atoms with Crippen molar-refractivity contribution < 1.29 is 22.7 Å². The van der Waals surface area contributed by atoms with Crippen LogP contribution in [0.2, 0.25) is 0 Å². The van der Waals surface area contributed by atoms with Gasteiger partial charge in [-0.1, -0.05) is 0 Å². The lowest BCUT2D eigenvalue weighted by Crippen LogP contribution is -2.39. The van der Waals surface area contributed by atoms with Crippen LogP contribution in [0.1, 0.15) is 17.8 Å². The first-order valence-corrected chi connectivity index (χ1v) is 11.0. The molecule has 2 heterocycles. The van der Waals surface area contributed by atoms with Crippen molar-refractivity contribution in [3.63, 3.8) is 0 Å². The van der Waals surface area contributed by atoms with Gasteiger partial charge in [0.1, 0.15) is 16.4 Å². The molecule has 1 fully saturated rings. The third-order valence-corrected chi connectivity index (χ3v) is 7.21. The van der Waals surface area contributed by atoms with Gasteiger partial charge in [0.2, 0.25) is 10.0 Å². The number of aromatic nitrogens is 2. The van der Waals surface area contributed by atoms with Crippen molar-refractivity contribution in [2.45, 2.75) is 25.2 Å². The minimum atomic E-state index is -3.68. The molecule has 2 N–H and O–H groups in total. The quantitative estimate of drug-likeness (QED) is 0.739. The third-order valence-electron chi connectivity index (χ3n) is 5.05. The lowest BCUT2D eigenvalue weighted by Gasteiger charge is -2.23. The Hall–Kier alpha value is -2.79. The van der Waals surface area contributed by atoms with Gasteiger partial charge in [0.25, 0.3) is 0 Å². The van der Waals surface area contributed by atoms with Crippen molar-refractivity contribution in [2.24, 2.45) is 0 Å². The number of nitrogens with one attached hydrogen (secondary N) is 2. The van der Waals surface area contributed by atoms with Gasteiger partial charge in [-0.15, -0.1) is 0 Å². The zero-order valence-corrected chi connectivity index (χ0v) is 18.4. The second-order valence-electron chi connectivity index (χ2n) is 7.00. The molecule has 0 bridgehead atoms. The van der Waals surface area contributed by atoms with Crippen LogP contribution in [0.4, 0.5) is 10.5 Å². The summed E-state index contributed by atoms with van der Waals surface area (Å²) in [4.78, 5) is 14.6. The molecule has 1 aromatic carbocycles. The van der Waals surface area contributed by atoms with E-state index < -0.39 is 10.0 Å². The van der Waals surface area contributed by atoms with Gasteiger partial charge in [0.05, 0.1) is 31.3 Å². The van der Waals surface area contributed by atoms with Crippen LogP contribution in [0.25, 0.3) is 0 Å². The largest absolute Gasteiger partial charge is 0.497 e. The monoisotopic (exact) mass is 437 g/mol. The first-order chi connectivity index (χ1) is 14.3. The molecule has 1 aliphatic rings. The normalized spacial score (nSPS) is 15.5. The number of hydrogen-bond acceptors (Lipinski definition) is 6. The van der Waals surface area contributed by atoms with Crippen LogP contribution in [0.3, 0.4) is 0 Å².